The normalized spacial score (nSPS) is 33.7. The lowest BCUT2D eigenvalue weighted by Crippen LogP contribution is -2.32. The maximum absolute atomic E-state index is 10.3. The van der Waals surface area contributed by atoms with E-state index in [1.54, 1.807) is 0 Å². The molecule has 1 aliphatic rings. The van der Waals surface area contributed by atoms with Crippen molar-refractivity contribution in [2.45, 2.75) is 22.9 Å². The Kier molecular flexibility index (Phi) is 2.91. The third-order valence-corrected chi connectivity index (χ3v) is 2.48. The Morgan fingerprint density at radius 3 is 2.70 bits per heavy atom. The van der Waals surface area contributed by atoms with Crippen molar-refractivity contribution in [1.29, 1.82) is 0 Å². The van der Waals surface area contributed by atoms with E-state index in [4.69, 9.17) is 9.84 Å². The van der Waals surface area contributed by atoms with Crippen molar-refractivity contribution in [3.63, 3.8) is 0 Å². The lowest BCUT2D eigenvalue weighted by molar-refractivity contribution is -0.152. The second kappa shape index (κ2) is 3.52. The van der Waals surface area contributed by atoms with Crippen molar-refractivity contribution in [1.82, 2.24) is 0 Å². The first kappa shape index (κ1) is 8.26. The maximum Gasteiger partial charge on any atom is 0.332 e. The number of rotatable bonds is 1. The Morgan fingerprint density at radius 2 is 2.30 bits per heavy atom. The molecule has 0 bridgehead atoms. The molecule has 2 unspecified atom stereocenters. The summed E-state index contributed by atoms with van der Waals surface area (Å²) in [6, 6.07) is 0. The molecule has 0 aromatic rings. The van der Waals surface area contributed by atoms with Crippen LogP contribution in [0.15, 0.2) is 0 Å². The number of hydrogen-bond acceptors (Lipinski definition) is 2. The number of aliphatic carboxylic acids is 1. The molecule has 1 saturated heterocycles. The molecule has 10 heavy (non-hydrogen) atoms. The average Bonchev–Trinajstić information content (AvgIpc) is 1.88. The van der Waals surface area contributed by atoms with Crippen LogP contribution in [0.4, 0.5) is 0 Å². The fraction of sp³-hybridized carbons (Fsp3) is 0.833. The lowest BCUT2D eigenvalue weighted by Gasteiger charge is -2.22. The van der Waals surface area contributed by atoms with Gasteiger partial charge in [0.05, 0.1) is 6.61 Å². The third kappa shape index (κ3) is 2.09. The van der Waals surface area contributed by atoms with Crippen molar-refractivity contribution in [3.05, 3.63) is 0 Å². The zero-order valence-electron chi connectivity index (χ0n) is 5.42. The topological polar surface area (TPSA) is 46.5 Å². The number of alkyl halides is 1. The summed E-state index contributed by atoms with van der Waals surface area (Å²) in [5.74, 6) is -0.830. The first-order chi connectivity index (χ1) is 4.70. The number of halogens is 1. The summed E-state index contributed by atoms with van der Waals surface area (Å²) in [4.78, 5) is 10.3. The van der Waals surface area contributed by atoms with E-state index in [9.17, 15) is 4.79 Å². The van der Waals surface area contributed by atoms with Gasteiger partial charge in [0.25, 0.3) is 0 Å². The van der Waals surface area contributed by atoms with Crippen LogP contribution in [-0.4, -0.2) is 27.7 Å². The van der Waals surface area contributed by atoms with Gasteiger partial charge in [-0.1, -0.05) is 22.6 Å². The van der Waals surface area contributed by atoms with Gasteiger partial charge in [-0.2, -0.15) is 0 Å². The van der Waals surface area contributed by atoms with Crippen LogP contribution in [0.2, 0.25) is 0 Å². The molecule has 0 saturated carbocycles. The second-order valence-electron chi connectivity index (χ2n) is 2.33. The smallest absolute Gasteiger partial charge is 0.332 e. The van der Waals surface area contributed by atoms with Crippen LogP contribution in [0.5, 0.6) is 0 Å². The van der Waals surface area contributed by atoms with Gasteiger partial charge in [0.1, 0.15) is 0 Å². The molecular formula is C6H9IO3. The van der Waals surface area contributed by atoms with E-state index in [1.165, 1.54) is 0 Å². The van der Waals surface area contributed by atoms with Gasteiger partial charge in [0.15, 0.2) is 6.10 Å². The Morgan fingerprint density at radius 1 is 1.60 bits per heavy atom. The van der Waals surface area contributed by atoms with E-state index in [-0.39, 0.29) is 0 Å². The van der Waals surface area contributed by atoms with E-state index in [2.05, 4.69) is 22.6 Å². The van der Waals surface area contributed by atoms with Crippen molar-refractivity contribution < 1.29 is 14.6 Å². The highest BCUT2D eigenvalue weighted by Crippen LogP contribution is 2.19. The van der Waals surface area contributed by atoms with Gasteiger partial charge in [-0.15, -0.1) is 0 Å². The molecule has 0 aliphatic carbocycles. The molecule has 0 radical (unpaired) electrons. The molecule has 0 amide bonds. The summed E-state index contributed by atoms with van der Waals surface area (Å²) in [6.07, 6.45) is 1.06. The number of carboxylic acid groups (broad SMARTS) is 1. The molecule has 0 aromatic carbocycles. The molecule has 1 aliphatic heterocycles. The fourth-order valence-corrected chi connectivity index (χ4v) is 1.48. The van der Waals surface area contributed by atoms with Crippen molar-refractivity contribution in [2.75, 3.05) is 6.61 Å². The first-order valence-electron chi connectivity index (χ1n) is 3.18. The predicted octanol–water partition coefficient (Wildman–Crippen LogP) is 1.05. The lowest BCUT2D eigenvalue weighted by atomic mass is 10.1. The van der Waals surface area contributed by atoms with Crippen LogP contribution in [0.25, 0.3) is 0 Å². The van der Waals surface area contributed by atoms with Crippen molar-refractivity contribution >= 4 is 28.6 Å². The zero-order valence-corrected chi connectivity index (χ0v) is 7.58. The van der Waals surface area contributed by atoms with Gasteiger partial charge in [-0.25, -0.2) is 4.79 Å². The van der Waals surface area contributed by atoms with Gasteiger partial charge < -0.3 is 9.84 Å². The Bertz CT molecular complexity index is 129. The van der Waals surface area contributed by atoms with Crippen LogP contribution >= 0.6 is 22.6 Å². The van der Waals surface area contributed by atoms with Gasteiger partial charge in [0, 0.05) is 3.92 Å². The van der Waals surface area contributed by atoms with E-state index in [0.29, 0.717) is 17.0 Å². The average molecular weight is 256 g/mol. The monoisotopic (exact) mass is 256 g/mol. The molecule has 1 N–H and O–H groups in total. The SMILES string of the molecule is O=C(O)C1CCC(I)CO1. The highest BCUT2D eigenvalue weighted by molar-refractivity contribution is 14.1. The summed E-state index contributed by atoms with van der Waals surface area (Å²) in [5, 5.41) is 8.50. The summed E-state index contributed by atoms with van der Waals surface area (Å²) >= 11 is 2.27. The van der Waals surface area contributed by atoms with E-state index in [0.717, 1.165) is 6.42 Å². The van der Waals surface area contributed by atoms with Gasteiger partial charge in [-0.05, 0) is 12.8 Å². The summed E-state index contributed by atoms with van der Waals surface area (Å²) in [5.41, 5.74) is 0. The van der Waals surface area contributed by atoms with Gasteiger partial charge >= 0.3 is 5.97 Å². The molecule has 4 heteroatoms. The number of ether oxygens (including phenoxy) is 1. The molecule has 0 spiro atoms. The quantitative estimate of drug-likeness (QED) is 0.563. The van der Waals surface area contributed by atoms with E-state index in [1.807, 2.05) is 0 Å². The summed E-state index contributed by atoms with van der Waals surface area (Å²) in [7, 11) is 0. The molecule has 1 fully saturated rings. The second-order valence-corrected chi connectivity index (χ2v) is 4.10. The molecule has 3 nitrogen and oxygen atoms in total. The van der Waals surface area contributed by atoms with E-state index >= 15 is 0 Å². The zero-order chi connectivity index (χ0) is 7.56. The number of hydrogen-bond donors (Lipinski definition) is 1. The minimum absolute atomic E-state index is 0.494. The van der Waals surface area contributed by atoms with Crippen LogP contribution in [0, 0.1) is 0 Å². The number of carbonyl (C=O) groups is 1. The van der Waals surface area contributed by atoms with Crippen LogP contribution in [-0.2, 0) is 9.53 Å². The van der Waals surface area contributed by atoms with Gasteiger partial charge in [-0.3, -0.25) is 0 Å². The highest BCUT2D eigenvalue weighted by Gasteiger charge is 2.24. The van der Waals surface area contributed by atoms with E-state index < -0.39 is 12.1 Å². The van der Waals surface area contributed by atoms with Crippen LogP contribution < -0.4 is 0 Å². The minimum Gasteiger partial charge on any atom is -0.479 e. The van der Waals surface area contributed by atoms with Crippen molar-refractivity contribution in [3.8, 4) is 0 Å². The van der Waals surface area contributed by atoms with Gasteiger partial charge in [0.2, 0.25) is 0 Å². The first-order valence-corrected chi connectivity index (χ1v) is 4.43. The fourth-order valence-electron chi connectivity index (χ4n) is 0.914. The van der Waals surface area contributed by atoms with Crippen molar-refractivity contribution in [2.24, 2.45) is 0 Å². The Balaban J connectivity index is 2.33. The maximum atomic E-state index is 10.3. The van der Waals surface area contributed by atoms with Crippen LogP contribution in [0.3, 0.4) is 0 Å². The molecular weight excluding hydrogens is 247 g/mol. The van der Waals surface area contributed by atoms with Crippen LogP contribution in [0.1, 0.15) is 12.8 Å². The molecule has 1 rings (SSSR count). The standard InChI is InChI=1S/C6H9IO3/c7-4-1-2-5(6(8)9)10-3-4/h4-5H,1-3H2,(H,8,9). The predicted molar refractivity (Wildman–Crippen MR) is 44.4 cm³/mol. The largest absolute Gasteiger partial charge is 0.479 e. The summed E-state index contributed by atoms with van der Waals surface area (Å²) in [6.45, 7) is 0.581. The summed E-state index contributed by atoms with van der Waals surface area (Å²) < 4.78 is 5.54. The Hall–Kier alpha value is 0.160. The third-order valence-electron chi connectivity index (χ3n) is 1.50. The minimum atomic E-state index is -0.830. The molecule has 58 valence electrons. The Labute approximate surface area is 72.9 Å². The molecule has 0 aromatic heterocycles. The number of carboxylic acids is 1. The highest BCUT2D eigenvalue weighted by atomic mass is 127. The molecule has 2 atom stereocenters. The molecule has 1 heterocycles.